The summed E-state index contributed by atoms with van der Waals surface area (Å²) >= 11 is 0. The molecule has 2 rings (SSSR count). The predicted molar refractivity (Wildman–Crippen MR) is 110 cm³/mol. The lowest BCUT2D eigenvalue weighted by Gasteiger charge is -2.27. The van der Waals surface area contributed by atoms with E-state index in [2.05, 4.69) is 10.6 Å². The summed E-state index contributed by atoms with van der Waals surface area (Å²) in [4.78, 5) is 47.5. The van der Waals surface area contributed by atoms with Gasteiger partial charge in [-0.1, -0.05) is 48.5 Å². The summed E-state index contributed by atoms with van der Waals surface area (Å²) in [5, 5.41) is 16.4. The van der Waals surface area contributed by atoms with E-state index >= 15 is 0 Å². The first-order chi connectivity index (χ1) is 14.1. The maximum Gasteiger partial charge on any atom is 0.273 e. The molecule has 0 heterocycles. The van der Waals surface area contributed by atoms with E-state index in [0.717, 1.165) is 5.56 Å². The summed E-state index contributed by atoms with van der Waals surface area (Å²) in [6.45, 7) is 2.73. The second-order valence-electron chi connectivity index (χ2n) is 7.30. The van der Waals surface area contributed by atoms with E-state index in [0.29, 0.717) is 0 Å². The van der Waals surface area contributed by atoms with Crippen LogP contribution in [0.3, 0.4) is 0 Å². The molecule has 0 saturated carbocycles. The summed E-state index contributed by atoms with van der Waals surface area (Å²) in [5.74, 6) is -1.86. The molecular weight excluding hydrogens is 388 g/mol. The third kappa shape index (κ3) is 5.63. The number of nitro benzene ring substituents is 1. The van der Waals surface area contributed by atoms with Crippen molar-refractivity contribution in [3.8, 4) is 0 Å². The van der Waals surface area contributed by atoms with Gasteiger partial charge in [-0.3, -0.25) is 24.5 Å². The smallest absolute Gasteiger partial charge is 0.273 e. The fourth-order valence-electron chi connectivity index (χ4n) is 2.98. The number of rotatable bonds is 9. The Kier molecular flexibility index (Phi) is 7.24. The highest BCUT2D eigenvalue weighted by Crippen LogP contribution is 2.31. The van der Waals surface area contributed by atoms with Crippen LogP contribution >= 0.6 is 0 Å². The van der Waals surface area contributed by atoms with Crippen molar-refractivity contribution in [2.45, 2.75) is 31.7 Å². The minimum absolute atomic E-state index is 0.171. The zero-order valence-corrected chi connectivity index (χ0v) is 16.8. The monoisotopic (exact) mass is 412 g/mol. The van der Waals surface area contributed by atoms with E-state index in [-0.39, 0.29) is 24.2 Å². The standard InChI is InChI=1S/C21H24N4O5/c1-21(2,15-10-6-7-11-17(15)25(29)30)20(28)24-16(19(27)23-13-18(22)26)12-14-8-4-3-5-9-14/h3-11,16H,12-13H2,1-2H3,(H2,22,26)(H,23,27)(H,24,28)/t16-/m0/s1. The Morgan fingerprint density at radius 2 is 1.67 bits per heavy atom. The normalized spacial score (nSPS) is 11.9. The molecule has 0 aromatic heterocycles. The molecule has 0 radical (unpaired) electrons. The van der Waals surface area contributed by atoms with Gasteiger partial charge in [0.15, 0.2) is 0 Å². The molecule has 0 unspecified atom stereocenters. The van der Waals surface area contributed by atoms with Crippen LogP contribution < -0.4 is 16.4 Å². The number of para-hydroxylation sites is 1. The Morgan fingerprint density at radius 1 is 1.07 bits per heavy atom. The second kappa shape index (κ2) is 9.64. The van der Waals surface area contributed by atoms with Crippen molar-refractivity contribution in [3.63, 3.8) is 0 Å². The van der Waals surface area contributed by atoms with E-state index in [4.69, 9.17) is 5.73 Å². The Morgan fingerprint density at radius 3 is 2.27 bits per heavy atom. The number of benzene rings is 2. The topological polar surface area (TPSA) is 144 Å². The highest BCUT2D eigenvalue weighted by atomic mass is 16.6. The molecule has 9 nitrogen and oxygen atoms in total. The number of amides is 3. The van der Waals surface area contributed by atoms with Gasteiger partial charge < -0.3 is 16.4 Å². The Labute approximate surface area is 173 Å². The molecule has 4 N–H and O–H groups in total. The van der Waals surface area contributed by atoms with Gasteiger partial charge in [-0.25, -0.2) is 0 Å². The molecule has 1 atom stereocenters. The van der Waals surface area contributed by atoms with Crippen molar-refractivity contribution >= 4 is 23.4 Å². The zero-order chi connectivity index (χ0) is 22.3. The molecule has 30 heavy (non-hydrogen) atoms. The minimum Gasteiger partial charge on any atom is -0.368 e. The van der Waals surface area contributed by atoms with Crippen molar-refractivity contribution < 1.29 is 19.3 Å². The first-order valence-corrected chi connectivity index (χ1v) is 9.27. The van der Waals surface area contributed by atoms with Gasteiger partial charge in [-0.15, -0.1) is 0 Å². The van der Waals surface area contributed by atoms with Crippen LogP contribution in [-0.2, 0) is 26.2 Å². The van der Waals surface area contributed by atoms with Crippen LogP contribution in [0.2, 0.25) is 0 Å². The fraction of sp³-hybridized carbons (Fsp3) is 0.286. The molecule has 0 bridgehead atoms. The van der Waals surface area contributed by atoms with Gasteiger partial charge in [0.25, 0.3) is 5.69 Å². The van der Waals surface area contributed by atoms with E-state index in [1.807, 2.05) is 6.07 Å². The van der Waals surface area contributed by atoms with Crippen molar-refractivity contribution in [1.82, 2.24) is 10.6 Å². The van der Waals surface area contributed by atoms with Crippen LogP contribution in [0.15, 0.2) is 54.6 Å². The molecule has 9 heteroatoms. The maximum atomic E-state index is 13.1. The molecule has 0 aliphatic rings. The summed E-state index contributed by atoms with van der Waals surface area (Å²) in [6, 6.07) is 14.0. The average Bonchev–Trinajstić information content (AvgIpc) is 2.72. The lowest BCUT2D eigenvalue weighted by Crippen LogP contribution is -2.53. The molecule has 0 fully saturated rings. The van der Waals surface area contributed by atoms with Crippen molar-refractivity contribution in [3.05, 3.63) is 75.8 Å². The molecule has 2 aromatic carbocycles. The molecule has 0 saturated heterocycles. The maximum absolute atomic E-state index is 13.1. The predicted octanol–water partition coefficient (Wildman–Crippen LogP) is 1.20. The Bertz CT molecular complexity index is 943. The summed E-state index contributed by atoms with van der Waals surface area (Å²) in [6.07, 6.45) is 0.171. The summed E-state index contributed by atoms with van der Waals surface area (Å²) in [5.41, 5.74) is 4.62. The van der Waals surface area contributed by atoms with Gasteiger partial charge in [0.05, 0.1) is 16.9 Å². The van der Waals surface area contributed by atoms with Gasteiger partial charge in [-0.05, 0) is 19.4 Å². The van der Waals surface area contributed by atoms with Crippen molar-refractivity contribution in [2.24, 2.45) is 5.73 Å². The highest BCUT2D eigenvalue weighted by molar-refractivity contribution is 5.94. The molecule has 0 spiro atoms. The number of hydrogen-bond donors (Lipinski definition) is 3. The Balaban J connectivity index is 2.29. The van der Waals surface area contributed by atoms with E-state index in [1.165, 1.54) is 18.2 Å². The van der Waals surface area contributed by atoms with Crippen LogP contribution in [-0.4, -0.2) is 35.2 Å². The highest BCUT2D eigenvalue weighted by Gasteiger charge is 2.37. The number of nitrogens with zero attached hydrogens (tertiary/aromatic N) is 1. The van der Waals surface area contributed by atoms with Gasteiger partial charge in [-0.2, -0.15) is 0 Å². The van der Waals surface area contributed by atoms with E-state index in [9.17, 15) is 24.5 Å². The summed E-state index contributed by atoms with van der Waals surface area (Å²) in [7, 11) is 0. The number of nitro groups is 1. The number of hydrogen-bond acceptors (Lipinski definition) is 5. The molecule has 0 aliphatic heterocycles. The van der Waals surface area contributed by atoms with Gasteiger partial charge in [0.1, 0.15) is 6.04 Å². The SMILES string of the molecule is CC(C)(C(=O)N[C@@H](Cc1ccccc1)C(=O)NCC(N)=O)c1ccccc1[N+](=O)[O-]. The third-order valence-corrected chi connectivity index (χ3v) is 4.68. The van der Waals surface area contributed by atoms with Crippen LogP contribution in [0.5, 0.6) is 0 Å². The quantitative estimate of drug-likeness (QED) is 0.419. The van der Waals surface area contributed by atoms with Crippen molar-refractivity contribution in [1.29, 1.82) is 0 Å². The Hall–Kier alpha value is -3.75. The molecule has 158 valence electrons. The third-order valence-electron chi connectivity index (χ3n) is 4.68. The number of carbonyl (C=O) groups excluding carboxylic acids is 3. The zero-order valence-electron chi connectivity index (χ0n) is 16.8. The van der Waals surface area contributed by atoms with E-state index in [1.54, 1.807) is 44.2 Å². The second-order valence-corrected chi connectivity index (χ2v) is 7.30. The first-order valence-electron chi connectivity index (χ1n) is 9.27. The number of primary amides is 1. The van der Waals surface area contributed by atoms with Gasteiger partial charge in [0.2, 0.25) is 17.7 Å². The minimum atomic E-state index is -1.29. The molecule has 3 amide bonds. The lowest BCUT2D eigenvalue weighted by molar-refractivity contribution is -0.385. The number of carbonyl (C=O) groups is 3. The molecule has 0 aliphatic carbocycles. The van der Waals surface area contributed by atoms with Crippen molar-refractivity contribution in [2.75, 3.05) is 6.54 Å². The average molecular weight is 412 g/mol. The van der Waals surface area contributed by atoms with Crippen LogP contribution in [0, 0.1) is 10.1 Å². The van der Waals surface area contributed by atoms with Crippen LogP contribution in [0.4, 0.5) is 5.69 Å². The van der Waals surface area contributed by atoms with Gasteiger partial charge >= 0.3 is 0 Å². The molecule has 2 aromatic rings. The van der Waals surface area contributed by atoms with E-state index < -0.39 is 34.1 Å². The lowest BCUT2D eigenvalue weighted by atomic mass is 9.82. The summed E-state index contributed by atoms with van der Waals surface area (Å²) < 4.78 is 0. The largest absolute Gasteiger partial charge is 0.368 e. The first kappa shape index (κ1) is 22.5. The van der Waals surface area contributed by atoms with Gasteiger partial charge in [0, 0.05) is 18.1 Å². The molecular formula is C21H24N4O5. The van der Waals surface area contributed by atoms with Crippen LogP contribution in [0.1, 0.15) is 25.0 Å². The number of nitrogens with two attached hydrogens (primary N) is 1. The number of nitrogens with one attached hydrogen (secondary N) is 2. The fourth-order valence-corrected chi connectivity index (χ4v) is 2.98. The van der Waals surface area contributed by atoms with Crippen LogP contribution in [0.25, 0.3) is 0 Å².